The molecule has 1 heterocycles. The summed E-state index contributed by atoms with van der Waals surface area (Å²) in [6.45, 7) is 1.68. The zero-order chi connectivity index (χ0) is 18.5. The van der Waals surface area contributed by atoms with Crippen LogP contribution in [0.25, 0.3) is 0 Å². The van der Waals surface area contributed by atoms with Gasteiger partial charge < -0.3 is 10.6 Å². The fourth-order valence-corrected chi connectivity index (χ4v) is 2.25. The summed E-state index contributed by atoms with van der Waals surface area (Å²) in [5, 5.41) is 14.6. The van der Waals surface area contributed by atoms with E-state index in [0.717, 1.165) is 5.69 Å². The Morgan fingerprint density at radius 3 is 2.35 bits per heavy atom. The van der Waals surface area contributed by atoms with E-state index in [-0.39, 0.29) is 11.5 Å². The summed E-state index contributed by atoms with van der Waals surface area (Å²) in [6.07, 6.45) is 0. The van der Waals surface area contributed by atoms with Crippen molar-refractivity contribution in [2.75, 3.05) is 10.6 Å². The van der Waals surface area contributed by atoms with Crippen LogP contribution in [0, 0.1) is 24.1 Å². The maximum atomic E-state index is 12.9. The van der Waals surface area contributed by atoms with E-state index in [4.69, 9.17) is 5.26 Å². The van der Waals surface area contributed by atoms with Crippen LogP contribution in [0.1, 0.15) is 21.9 Å². The Labute approximate surface area is 149 Å². The largest absolute Gasteiger partial charge is 0.340 e. The standard InChI is InChI=1S/C19H14FN5O/c1-12-22-17(19(26)25-16-8-4-14(20)5-9-16)10-18(23-12)24-15-6-2-13(11-21)3-7-15/h2-10H,1H3,(H,25,26)(H,22,23,24). The topological polar surface area (TPSA) is 90.7 Å². The quantitative estimate of drug-likeness (QED) is 0.749. The third-order valence-electron chi connectivity index (χ3n) is 3.46. The van der Waals surface area contributed by atoms with Crippen molar-refractivity contribution in [2.24, 2.45) is 0 Å². The Hall–Kier alpha value is -3.79. The van der Waals surface area contributed by atoms with Crippen LogP contribution in [0.2, 0.25) is 0 Å². The smallest absolute Gasteiger partial charge is 0.274 e. The van der Waals surface area contributed by atoms with Crippen molar-refractivity contribution in [3.63, 3.8) is 0 Å². The van der Waals surface area contributed by atoms with Crippen molar-refractivity contribution in [2.45, 2.75) is 6.92 Å². The number of carbonyl (C=O) groups excluding carboxylic acids is 1. The van der Waals surface area contributed by atoms with Crippen molar-refractivity contribution in [3.8, 4) is 6.07 Å². The van der Waals surface area contributed by atoms with Gasteiger partial charge in [-0.1, -0.05) is 0 Å². The lowest BCUT2D eigenvalue weighted by Gasteiger charge is -2.09. The minimum absolute atomic E-state index is 0.179. The number of benzene rings is 2. The second kappa shape index (κ2) is 7.40. The van der Waals surface area contributed by atoms with Gasteiger partial charge in [0.1, 0.15) is 23.2 Å². The van der Waals surface area contributed by atoms with E-state index in [1.165, 1.54) is 30.3 Å². The highest BCUT2D eigenvalue weighted by Crippen LogP contribution is 2.17. The van der Waals surface area contributed by atoms with Gasteiger partial charge in [0.15, 0.2) is 0 Å². The lowest BCUT2D eigenvalue weighted by atomic mass is 10.2. The number of aryl methyl sites for hydroxylation is 1. The fraction of sp³-hybridized carbons (Fsp3) is 0.0526. The predicted octanol–water partition coefficient (Wildman–Crippen LogP) is 3.79. The normalized spacial score (nSPS) is 10.0. The second-order valence-corrected chi connectivity index (χ2v) is 5.46. The molecule has 3 rings (SSSR count). The molecule has 2 N–H and O–H groups in total. The van der Waals surface area contributed by atoms with Crippen LogP contribution in [-0.2, 0) is 0 Å². The SMILES string of the molecule is Cc1nc(Nc2ccc(C#N)cc2)cc(C(=O)Nc2ccc(F)cc2)n1. The van der Waals surface area contributed by atoms with E-state index < -0.39 is 5.91 Å². The van der Waals surface area contributed by atoms with Gasteiger partial charge in [-0.2, -0.15) is 5.26 Å². The summed E-state index contributed by atoms with van der Waals surface area (Å²) < 4.78 is 12.9. The number of nitrogens with one attached hydrogen (secondary N) is 2. The number of nitriles is 1. The van der Waals surface area contributed by atoms with Crippen LogP contribution >= 0.6 is 0 Å². The van der Waals surface area contributed by atoms with Crippen molar-refractivity contribution < 1.29 is 9.18 Å². The third-order valence-corrected chi connectivity index (χ3v) is 3.46. The van der Waals surface area contributed by atoms with E-state index in [9.17, 15) is 9.18 Å². The maximum Gasteiger partial charge on any atom is 0.274 e. The van der Waals surface area contributed by atoms with Crippen LogP contribution in [-0.4, -0.2) is 15.9 Å². The molecule has 1 amide bonds. The van der Waals surface area contributed by atoms with Gasteiger partial charge in [0.05, 0.1) is 11.6 Å². The molecular weight excluding hydrogens is 333 g/mol. The Balaban J connectivity index is 1.79. The number of nitrogens with zero attached hydrogens (tertiary/aromatic N) is 3. The molecule has 0 aliphatic carbocycles. The molecular formula is C19H14FN5O. The zero-order valence-electron chi connectivity index (χ0n) is 13.8. The van der Waals surface area contributed by atoms with Gasteiger partial charge in [0.2, 0.25) is 0 Å². The van der Waals surface area contributed by atoms with Crippen molar-refractivity contribution in [3.05, 3.63) is 77.5 Å². The van der Waals surface area contributed by atoms with Crippen LogP contribution < -0.4 is 10.6 Å². The van der Waals surface area contributed by atoms with E-state index >= 15 is 0 Å². The number of carbonyl (C=O) groups is 1. The summed E-state index contributed by atoms with van der Waals surface area (Å²) >= 11 is 0. The van der Waals surface area contributed by atoms with Crippen LogP contribution in [0.4, 0.5) is 21.6 Å². The molecule has 0 spiro atoms. The Bertz CT molecular complexity index is 978. The van der Waals surface area contributed by atoms with Gasteiger partial charge in [-0.3, -0.25) is 4.79 Å². The molecule has 128 valence electrons. The van der Waals surface area contributed by atoms with Crippen molar-refractivity contribution >= 4 is 23.1 Å². The minimum atomic E-state index is -0.426. The highest BCUT2D eigenvalue weighted by Gasteiger charge is 2.11. The van der Waals surface area contributed by atoms with Crippen molar-refractivity contribution in [1.29, 1.82) is 5.26 Å². The molecule has 1 aromatic heterocycles. The van der Waals surface area contributed by atoms with Crippen LogP contribution in [0.15, 0.2) is 54.6 Å². The first-order chi connectivity index (χ1) is 12.5. The number of halogens is 1. The number of anilines is 3. The molecule has 0 atom stereocenters. The molecule has 0 unspecified atom stereocenters. The van der Waals surface area contributed by atoms with Gasteiger partial charge >= 0.3 is 0 Å². The van der Waals surface area contributed by atoms with Gasteiger partial charge in [-0.25, -0.2) is 14.4 Å². The van der Waals surface area contributed by atoms with Crippen LogP contribution in [0.5, 0.6) is 0 Å². The third kappa shape index (κ3) is 4.19. The first kappa shape index (κ1) is 17.0. The number of hydrogen-bond donors (Lipinski definition) is 2. The maximum absolute atomic E-state index is 12.9. The number of amides is 1. The Kier molecular flexibility index (Phi) is 4.85. The average molecular weight is 347 g/mol. The molecule has 0 saturated heterocycles. The van der Waals surface area contributed by atoms with E-state index in [0.29, 0.717) is 22.9 Å². The lowest BCUT2D eigenvalue weighted by molar-refractivity contribution is 0.102. The summed E-state index contributed by atoms with van der Waals surface area (Å²) in [7, 11) is 0. The van der Waals surface area contributed by atoms with Crippen molar-refractivity contribution in [1.82, 2.24) is 9.97 Å². The van der Waals surface area contributed by atoms with E-state index in [1.54, 1.807) is 31.2 Å². The summed E-state index contributed by atoms with van der Waals surface area (Å²) in [5.41, 5.74) is 1.92. The van der Waals surface area contributed by atoms with Crippen LogP contribution in [0.3, 0.4) is 0 Å². The molecule has 0 radical (unpaired) electrons. The summed E-state index contributed by atoms with van der Waals surface area (Å²) in [4.78, 5) is 20.8. The van der Waals surface area contributed by atoms with Gasteiger partial charge in [0, 0.05) is 17.4 Å². The average Bonchev–Trinajstić information content (AvgIpc) is 2.64. The molecule has 2 aromatic carbocycles. The molecule has 7 heteroatoms. The van der Waals surface area contributed by atoms with Gasteiger partial charge in [-0.15, -0.1) is 0 Å². The second-order valence-electron chi connectivity index (χ2n) is 5.46. The first-order valence-corrected chi connectivity index (χ1v) is 7.73. The highest BCUT2D eigenvalue weighted by atomic mass is 19.1. The number of rotatable bonds is 4. The number of aromatic nitrogens is 2. The molecule has 0 fully saturated rings. The van der Waals surface area contributed by atoms with E-state index in [2.05, 4.69) is 20.6 Å². The molecule has 0 saturated carbocycles. The molecule has 26 heavy (non-hydrogen) atoms. The molecule has 0 aliphatic heterocycles. The summed E-state index contributed by atoms with van der Waals surface area (Å²) in [5.74, 6) is 0.0686. The van der Waals surface area contributed by atoms with E-state index in [1.807, 2.05) is 6.07 Å². The first-order valence-electron chi connectivity index (χ1n) is 7.73. The molecule has 0 aliphatic rings. The number of hydrogen-bond acceptors (Lipinski definition) is 5. The minimum Gasteiger partial charge on any atom is -0.340 e. The molecule has 3 aromatic rings. The molecule has 6 nitrogen and oxygen atoms in total. The fourth-order valence-electron chi connectivity index (χ4n) is 2.25. The summed E-state index contributed by atoms with van der Waals surface area (Å²) in [6, 6.07) is 15.9. The Morgan fingerprint density at radius 2 is 1.69 bits per heavy atom. The molecule has 0 bridgehead atoms. The van der Waals surface area contributed by atoms with Gasteiger partial charge in [0.25, 0.3) is 5.91 Å². The zero-order valence-corrected chi connectivity index (χ0v) is 13.8. The Morgan fingerprint density at radius 1 is 1.04 bits per heavy atom. The monoisotopic (exact) mass is 347 g/mol. The predicted molar refractivity (Wildman–Crippen MR) is 95.6 cm³/mol. The highest BCUT2D eigenvalue weighted by molar-refractivity contribution is 6.03. The lowest BCUT2D eigenvalue weighted by Crippen LogP contribution is -2.15. The van der Waals surface area contributed by atoms with Gasteiger partial charge in [-0.05, 0) is 55.5 Å².